The van der Waals surface area contributed by atoms with Gasteiger partial charge in [0.2, 0.25) is 5.91 Å². The van der Waals surface area contributed by atoms with Crippen LogP contribution in [0.2, 0.25) is 5.02 Å². The Labute approximate surface area is 152 Å². The van der Waals surface area contributed by atoms with Crippen LogP contribution in [0.4, 0.5) is 0 Å². The number of nitrogens with one attached hydrogen (secondary N) is 1. The summed E-state index contributed by atoms with van der Waals surface area (Å²) in [5, 5.41) is 3.61. The normalized spacial score (nSPS) is 15.1. The lowest BCUT2D eigenvalue weighted by Crippen LogP contribution is -2.40. The summed E-state index contributed by atoms with van der Waals surface area (Å²) in [7, 11) is 0. The number of hydrogen-bond donors (Lipinski definition) is 1. The van der Waals surface area contributed by atoms with E-state index in [1.807, 2.05) is 6.07 Å². The van der Waals surface area contributed by atoms with E-state index in [1.165, 1.54) is 17.1 Å². The fourth-order valence-electron chi connectivity index (χ4n) is 3.29. The number of benzene rings is 1. The second kappa shape index (κ2) is 7.83. The molecule has 1 N–H and O–H groups in total. The van der Waals surface area contributed by atoms with Crippen molar-refractivity contribution in [1.82, 2.24) is 14.9 Å². The lowest BCUT2D eigenvalue weighted by atomic mass is 9.95. The highest BCUT2D eigenvalue weighted by Gasteiger charge is 2.18. The van der Waals surface area contributed by atoms with Gasteiger partial charge in [-0.15, -0.1) is 0 Å². The van der Waals surface area contributed by atoms with Gasteiger partial charge >= 0.3 is 0 Å². The first-order valence-corrected chi connectivity index (χ1v) is 9.04. The summed E-state index contributed by atoms with van der Waals surface area (Å²) in [6.45, 7) is 1.73. The number of carbonyl (C=O) groups is 1. The van der Waals surface area contributed by atoms with E-state index in [0.717, 1.165) is 31.2 Å². The van der Waals surface area contributed by atoms with Crippen molar-refractivity contribution in [2.45, 2.75) is 51.6 Å². The zero-order chi connectivity index (χ0) is 17.8. The average molecular weight is 360 g/mol. The number of rotatable bonds is 4. The maximum atomic E-state index is 12.5. The van der Waals surface area contributed by atoms with Gasteiger partial charge in [0.05, 0.1) is 0 Å². The Morgan fingerprint density at radius 3 is 2.76 bits per heavy atom. The van der Waals surface area contributed by atoms with Crippen molar-refractivity contribution in [2.24, 2.45) is 0 Å². The fraction of sp³-hybridized carbons (Fsp3) is 0.421. The van der Waals surface area contributed by atoms with Crippen LogP contribution in [0.3, 0.4) is 0 Å². The van der Waals surface area contributed by atoms with Gasteiger partial charge in [0.1, 0.15) is 12.4 Å². The van der Waals surface area contributed by atoms with E-state index in [1.54, 1.807) is 25.1 Å². The maximum absolute atomic E-state index is 12.5. The second-order valence-electron chi connectivity index (χ2n) is 6.56. The maximum Gasteiger partial charge on any atom is 0.254 e. The molecule has 1 aromatic carbocycles. The molecule has 1 amide bonds. The number of halogens is 1. The van der Waals surface area contributed by atoms with Crippen LogP contribution in [0, 0.1) is 6.92 Å². The first kappa shape index (κ1) is 17.7. The monoisotopic (exact) mass is 359 g/mol. The molecule has 1 aromatic heterocycles. The zero-order valence-corrected chi connectivity index (χ0v) is 15.1. The van der Waals surface area contributed by atoms with Crippen LogP contribution >= 0.6 is 11.6 Å². The number of aryl methyl sites for hydroxylation is 1. The molecule has 1 saturated carbocycles. The Morgan fingerprint density at radius 2 is 2.04 bits per heavy atom. The largest absolute Gasteiger partial charge is 0.352 e. The van der Waals surface area contributed by atoms with Crippen molar-refractivity contribution in [3.63, 3.8) is 0 Å². The van der Waals surface area contributed by atoms with Crippen LogP contribution in [0.1, 0.15) is 37.8 Å². The minimum absolute atomic E-state index is 0.0372. The number of nitrogens with zero attached hydrogens (tertiary/aromatic N) is 2. The SMILES string of the molecule is Cc1cc(=O)n(CC(=O)NC2CCCCC2)c(-c2cccc(Cl)c2)n1. The molecular formula is C19H22ClN3O2. The Bertz CT molecular complexity index is 826. The van der Waals surface area contributed by atoms with E-state index in [-0.39, 0.29) is 24.1 Å². The van der Waals surface area contributed by atoms with Gasteiger partial charge in [-0.3, -0.25) is 14.2 Å². The molecule has 132 valence electrons. The van der Waals surface area contributed by atoms with Crippen molar-refractivity contribution < 1.29 is 4.79 Å². The number of carbonyl (C=O) groups excluding carboxylic acids is 1. The van der Waals surface area contributed by atoms with Gasteiger partial charge in [0, 0.05) is 28.4 Å². The lowest BCUT2D eigenvalue weighted by molar-refractivity contribution is -0.122. The summed E-state index contributed by atoms with van der Waals surface area (Å²) in [6, 6.07) is 8.81. The quantitative estimate of drug-likeness (QED) is 0.910. The van der Waals surface area contributed by atoms with E-state index in [4.69, 9.17) is 11.6 Å². The van der Waals surface area contributed by atoms with E-state index < -0.39 is 0 Å². The van der Waals surface area contributed by atoms with Crippen molar-refractivity contribution in [1.29, 1.82) is 0 Å². The highest BCUT2D eigenvalue weighted by atomic mass is 35.5. The molecule has 25 heavy (non-hydrogen) atoms. The second-order valence-corrected chi connectivity index (χ2v) is 6.99. The Hall–Kier alpha value is -2.14. The third-order valence-electron chi connectivity index (χ3n) is 4.49. The number of hydrogen-bond acceptors (Lipinski definition) is 3. The zero-order valence-electron chi connectivity index (χ0n) is 14.3. The molecule has 0 unspecified atom stereocenters. The summed E-state index contributed by atoms with van der Waals surface area (Å²) >= 11 is 6.07. The first-order valence-electron chi connectivity index (χ1n) is 8.67. The molecule has 5 nitrogen and oxygen atoms in total. The molecular weight excluding hydrogens is 338 g/mol. The van der Waals surface area contributed by atoms with Crippen molar-refractivity contribution >= 4 is 17.5 Å². The molecule has 2 aromatic rings. The molecule has 1 aliphatic carbocycles. The summed E-state index contributed by atoms with van der Waals surface area (Å²) < 4.78 is 1.41. The summed E-state index contributed by atoms with van der Waals surface area (Å²) in [5.41, 5.74) is 1.10. The number of amides is 1. The van der Waals surface area contributed by atoms with E-state index in [2.05, 4.69) is 10.3 Å². The molecule has 0 saturated heterocycles. The van der Waals surface area contributed by atoms with Gasteiger partial charge in [-0.05, 0) is 31.9 Å². The Morgan fingerprint density at radius 1 is 1.28 bits per heavy atom. The molecule has 1 heterocycles. The molecule has 0 radical (unpaired) electrons. The molecule has 0 atom stereocenters. The molecule has 0 aliphatic heterocycles. The van der Waals surface area contributed by atoms with Gasteiger partial charge in [-0.25, -0.2) is 4.98 Å². The standard InChI is InChI=1S/C19H22ClN3O2/c1-13-10-18(25)23(12-17(24)22-16-8-3-2-4-9-16)19(21-13)14-6-5-7-15(20)11-14/h5-7,10-11,16H,2-4,8-9,12H2,1H3,(H,22,24). The predicted molar refractivity (Wildman–Crippen MR) is 98.7 cm³/mol. The topological polar surface area (TPSA) is 64.0 Å². The van der Waals surface area contributed by atoms with Crippen LogP contribution in [0.5, 0.6) is 0 Å². The molecule has 1 fully saturated rings. The molecule has 0 spiro atoms. The molecule has 6 heteroatoms. The van der Waals surface area contributed by atoms with Crippen LogP contribution in [0.15, 0.2) is 35.1 Å². The van der Waals surface area contributed by atoms with Gasteiger partial charge in [0.25, 0.3) is 5.56 Å². The average Bonchev–Trinajstić information content (AvgIpc) is 2.58. The summed E-state index contributed by atoms with van der Waals surface area (Å²) in [5.74, 6) is 0.314. The van der Waals surface area contributed by atoms with Crippen molar-refractivity contribution in [3.05, 3.63) is 51.4 Å². The predicted octanol–water partition coefficient (Wildman–Crippen LogP) is 3.32. The van der Waals surface area contributed by atoms with Gasteiger partial charge in [-0.1, -0.05) is 43.0 Å². The van der Waals surface area contributed by atoms with E-state index in [9.17, 15) is 9.59 Å². The van der Waals surface area contributed by atoms with Crippen LogP contribution in [-0.2, 0) is 11.3 Å². The van der Waals surface area contributed by atoms with Crippen LogP contribution < -0.4 is 10.9 Å². The summed E-state index contributed by atoms with van der Waals surface area (Å²) in [6.07, 6.45) is 5.53. The van der Waals surface area contributed by atoms with Crippen LogP contribution in [-0.4, -0.2) is 21.5 Å². The minimum Gasteiger partial charge on any atom is -0.352 e. The highest BCUT2D eigenvalue weighted by molar-refractivity contribution is 6.30. The molecule has 3 rings (SSSR count). The lowest BCUT2D eigenvalue weighted by Gasteiger charge is -2.23. The summed E-state index contributed by atoms with van der Waals surface area (Å²) in [4.78, 5) is 29.4. The van der Waals surface area contributed by atoms with Crippen molar-refractivity contribution in [2.75, 3.05) is 0 Å². The smallest absolute Gasteiger partial charge is 0.254 e. The Kier molecular flexibility index (Phi) is 5.53. The third kappa shape index (κ3) is 4.48. The first-order chi connectivity index (χ1) is 12.0. The van der Waals surface area contributed by atoms with E-state index in [0.29, 0.717) is 16.5 Å². The Balaban J connectivity index is 1.87. The fourth-order valence-corrected chi connectivity index (χ4v) is 3.48. The van der Waals surface area contributed by atoms with Crippen molar-refractivity contribution in [3.8, 4) is 11.4 Å². The van der Waals surface area contributed by atoms with Gasteiger partial charge in [0.15, 0.2) is 0 Å². The molecule has 1 aliphatic rings. The molecule has 0 bridgehead atoms. The van der Waals surface area contributed by atoms with E-state index >= 15 is 0 Å². The number of aromatic nitrogens is 2. The minimum atomic E-state index is -0.235. The third-order valence-corrected chi connectivity index (χ3v) is 4.73. The highest BCUT2D eigenvalue weighted by Crippen LogP contribution is 2.21. The van der Waals surface area contributed by atoms with Gasteiger partial charge in [-0.2, -0.15) is 0 Å². The van der Waals surface area contributed by atoms with Crippen LogP contribution in [0.25, 0.3) is 11.4 Å². The van der Waals surface area contributed by atoms with Gasteiger partial charge < -0.3 is 5.32 Å².